The molecule has 0 aliphatic heterocycles. The molecule has 0 aromatic carbocycles. The second kappa shape index (κ2) is 4.20. The Balaban J connectivity index is 1.97. The highest BCUT2D eigenvalue weighted by molar-refractivity contribution is 5.98. The molecule has 1 heterocycles. The van der Waals surface area contributed by atoms with Crippen LogP contribution in [0.4, 0.5) is 0 Å². The van der Waals surface area contributed by atoms with E-state index in [1.807, 2.05) is 6.07 Å². The first kappa shape index (κ1) is 13.9. The Morgan fingerprint density at radius 2 is 1.95 bits per heavy atom. The number of rotatable bonds is 2. The molecule has 20 heavy (non-hydrogen) atoms. The Morgan fingerprint density at radius 3 is 2.55 bits per heavy atom. The van der Waals surface area contributed by atoms with Crippen molar-refractivity contribution in [2.75, 3.05) is 7.11 Å². The lowest BCUT2D eigenvalue weighted by Crippen LogP contribution is -2.51. The lowest BCUT2D eigenvalue weighted by molar-refractivity contribution is -0.113. The van der Waals surface area contributed by atoms with Gasteiger partial charge in [0.2, 0.25) is 0 Å². The molecule has 3 nitrogen and oxygen atoms in total. The summed E-state index contributed by atoms with van der Waals surface area (Å²) in [5.41, 5.74) is 2.39. The molecule has 0 N–H and O–H groups in total. The molecule has 1 fully saturated rings. The normalized spacial score (nSPS) is 30.8. The average Bonchev–Trinajstić information content (AvgIpc) is 2.70. The summed E-state index contributed by atoms with van der Waals surface area (Å²) < 4.78 is 7.91. The second-order valence-electron chi connectivity index (χ2n) is 7.82. The summed E-state index contributed by atoms with van der Waals surface area (Å²) in [6.45, 7) is 8.90. The molecule has 0 spiro atoms. The van der Waals surface area contributed by atoms with Crippen molar-refractivity contribution in [2.45, 2.75) is 59.1 Å². The molecule has 3 rings (SSSR count). The number of hydrogen-bond donors (Lipinski definition) is 0. The van der Waals surface area contributed by atoms with E-state index in [-0.39, 0.29) is 10.8 Å². The predicted molar refractivity (Wildman–Crippen MR) is 79.1 cm³/mol. The number of aromatic nitrogens is 1. The molecule has 0 amide bonds. The highest BCUT2D eigenvalue weighted by atomic mass is 16.5. The molecule has 1 saturated carbocycles. The highest BCUT2D eigenvalue weighted by Crippen LogP contribution is 2.52. The monoisotopic (exact) mass is 275 g/mol. The molecular weight excluding hydrogens is 250 g/mol. The van der Waals surface area contributed by atoms with Crippen LogP contribution in [0.3, 0.4) is 0 Å². The van der Waals surface area contributed by atoms with E-state index in [4.69, 9.17) is 4.74 Å². The molecule has 1 aromatic heterocycles. The maximum Gasteiger partial charge on any atom is 0.165 e. The third-order valence-electron chi connectivity index (χ3n) is 5.36. The standard InChI is InChI=1S/C17H25NO2/c1-16(2)9-12-11(13(19)10-16)6-7-18(12)14-8-15(20-5)17(14,3)4/h6-7,14-15H,8-10H2,1-5H3. The molecular formula is C17H25NO2. The van der Waals surface area contributed by atoms with Gasteiger partial charge in [-0.05, 0) is 24.3 Å². The van der Waals surface area contributed by atoms with E-state index >= 15 is 0 Å². The van der Waals surface area contributed by atoms with E-state index in [2.05, 4.69) is 38.5 Å². The van der Waals surface area contributed by atoms with Gasteiger partial charge < -0.3 is 9.30 Å². The Morgan fingerprint density at radius 1 is 1.25 bits per heavy atom. The smallest absolute Gasteiger partial charge is 0.165 e. The topological polar surface area (TPSA) is 31.2 Å². The Labute approximate surface area is 121 Å². The molecule has 2 aliphatic rings. The van der Waals surface area contributed by atoms with Gasteiger partial charge in [0, 0.05) is 42.4 Å². The van der Waals surface area contributed by atoms with Gasteiger partial charge >= 0.3 is 0 Å². The number of ketones is 1. The number of hydrogen-bond acceptors (Lipinski definition) is 2. The third kappa shape index (κ3) is 1.86. The first-order valence-corrected chi connectivity index (χ1v) is 7.52. The average molecular weight is 275 g/mol. The summed E-state index contributed by atoms with van der Waals surface area (Å²) in [5.74, 6) is 0.301. The van der Waals surface area contributed by atoms with Crippen LogP contribution in [0.1, 0.15) is 62.6 Å². The minimum Gasteiger partial charge on any atom is -0.381 e. The summed E-state index contributed by atoms with van der Waals surface area (Å²) >= 11 is 0. The summed E-state index contributed by atoms with van der Waals surface area (Å²) in [6.07, 6.45) is 5.13. The van der Waals surface area contributed by atoms with Crippen molar-refractivity contribution in [1.29, 1.82) is 0 Å². The van der Waals surface area contributed by atoms with Crippen LogP contribution in [0.25, 0.3) is 0 Å². The Hall–Kier alpha value is -1.09. The van der Waals surface area contributed by atoms with Crippen LogP contribution < -0.4 is 0 Å². The van der Waals surface area contributed by atoms with Crippen molar-refractivity contribution >= 4 is 5.78 Å². The fraction of sp³-hybridized carbons (Fsp3) is 0.706. The Kier molecular flexibility index (Phi) is 2.91. The minimum atomic E-state index is 0.0781. The molecule has 1 aromatic rings. The number of nitrogens with zero attached hydrogens (tertiary/aromatic N) is 1. The largest absolute Gasteiger partial charge is 0.381 e. The number of methoxy groups -OCH3 is 1. The van der Waals surface area contributed by atoms with Gasteiger partial charge in [0.15, 0.2) is 5.78 Å². The minimum absolute atomic E-state index is 0.0781. The van der Waals surface area contributed by atoms with Crippen molar-refractivity contribution < 1.29 is 9.53 Å². The summed E-state index contributed by atoms with van der Waals surface area (Å²) in [5, 5.41) is 0. The van der Waals surface area contributed by atoms with Crippen LogP contribution in [0.2, 0.25) is 0 Å². The molecule has 2 unspecified atom stereocenters. The van der Waals surface area contributed by atoms with E-state index < -0.39 is 0 Å². The van der Waals surface area contributed by atoms with Gasteiger partial charge in [-0.1, -0.05) is 27.7 Å². The number of Topliss-reactive ketones (excluding diaryl/α,β-unsaturated/α-hetero) is 1. The molecule has 3 heteroatoms. The molecule has 110 valence electrons. The van der Waals surface area contributed by atoms with E-state index in [1.54, 1.807) is 7.11 Å². The first-order chi connectivity index (χ1) is 9.26. The molecule has 2 aliphatic carbocycles. The highest BCUT2D eigenvalue weighted by Gasteiger charge is 2.50. The lowest BCUT2D eigenvalue weighted by Gasteiger charge is -2.52. The van der Waals surface area contributed by atoms with Crippen molar-refractivity contribution in [3.63, 3.8) is 0 Å². The molecule has 2 atom stereocenters. The first-order valence-electron chi connectivity index (χ1n) is 7.52. The van der Waals surface area contributed by atoms with Crippen LogP contribution in [-0.2, 0) is 11.2 Å². The van der Waals surface area contributed by atoms with E-state index in [9.17, 15) is 4.79 Å². The van der Waals surface area contributed by atoms with Crippen LogP contribution in [0.15, 0.2) is 12.3 Å². The van der Waals surface area contributed by atoms with Crippen molar-refractivity contribution in [3.05, 3.63) is 23.5 Å². The number of ether oxygens (including phenoxy) is 1. The van der Waals surface area contributed by atoms with Gasteiger partial charge in [0.1, 0.15) is 0 Å². The van der Waals surface area contributed by atoms with Crippen LogP contribution in [0, 0.1) is 10.8 Å². The second-order valence-corrected chi connectivity index (χ2v) is 7.82. The lowest BCUT2D eigenvalue weighted by atomic mass is 9.64. The maximum atomic E-state index is 12.3. The summed E-state index contributed by atoms with van der Waals surface area (Å²) in [4.78, 5) is 12.3. The Bertz CT molecular complexity index is 553. The van der Waals surface area contributed by atoms with Crippen LogP contribution >= 0.6 is 0 Å². The fourth-order valence-electron chi connectivity index (χ4n) is 3.99. The third-order valence-corrected chi connectivity index (χ3v) is 5.36. The fourth-order valence-corrected chi connectivity index (χ4v) is 3.99. The quantitative estimate of drug-likeness (QED) is 0.825. The SMILES string of the molecule is COC1CC(n2ccc3c2CC(C)(C)CC3=O)C1(C)C. The van der Waals surface area contributed by atoms with Gasteiger partial charge in [0.05, 0.1) is 6.10 Å². The zero-order valence-electron chi connectivity index (χ0n) is 13.2. The molecule has 0 saturated heterocycles. The summed E-state index contributed by atoms with van der Waals surface area (Å²) in [7, 11) is 1.79. The molecule has 0 bridgehead atoms. The van der Waals surface area contributed by atoms with Gasteiger partial charge in [-0.15, -0.1) is 0 Å². The van der Waals surface area contributed by atoms with E-state index in [0.717, 1.165) is 18.4 Å². The van der Waals surface area contributed by atoms with Gasteiger partial charge in [-0.25, -0.2) is 0 Å². The van der Waals surface area contributed by atoms with Gasteiger partial charge in [-0.3, -0.25) is 4.79 Å². The number of carbonyl (C=O) groups excluding carboxylic acids is 1. The van der Waals surface area contributed by atoms with Crippen molar-refractivity contribution in [1.82, 2.24) is 4.57 Å². The summed E-state index contributed by atoms with van der Waals surface area (Å²) in [6, 6.07) is 2.46. The van der Waals surface area contributed by atoms with Crippen LogP contribution in [0.5, 0.6) is 0 Å². The predicted octanol–water partition coefficient (Wildman–Crippen LogP) is 3.63. The van der Waals surface area contributed by atoms with E-state index in [0.29, 0.717) is 24.3 Å². The van der Waals surface area contributed by atoms with Crippen molar-refractivity contribution in [3.8, 4) is 0 Å². The van der Waals surface area contributed by atoms with Gasteiger partial charge in [-0.2, -0.15) is 0 Å². The number of carbonyl (C=O) groups is 1. The van der Waals surface area contributed by atoms with Crippen molar-refractivity contribution in [2.24, 2.45) is 10.8 Å². The van der Waals surface area contributed by atoms with E-state index in [1.165, 1.54) is 5.69 Å². The molecule has 0 radical (unpaired) electrons. The van der Waals surface area contributed by atoms with Gasteiger partial charge in [0.25, 0.3) is 0 Å². The zero-order chi connectivity index (χ0) is 14.7. The zero-order valence-corrected chi connectivity index (χ0v) is 13.2. The van der Waals surface area contributed by atoms with Crippen LogP contribution in [-0.4, -0.2) is 23.6 Å². The number of fused-ring (bicyclic) bond motifs is 1. The maximum absolute atomic E-state index is 12.3.